The van der Waals surface area contributed by atoms with E-state index in [1.165, 1.54) is 23.1 Å². The van der Waals surface area contributed by atoms with Crippen LogP contribution >= 0.6 is 0 Å². The molecule has 0 radical (unpaired) electrons. The molecule has 9 heteroatoms. The lowest BCUT2D eigenvalue weighted by Crippen LogP contribution is -2.54. The Hall–Kier alpha value is -3.72. The minimum atomic E-state index is -4.03. The Balaban J connectivity index is 2.07. The van der Waals surface area contributed by atoms with E-state index in [4.69, 9.17) is 0 Å². The van der Waals surface area contributed by atoms with E-state index < -0.39 is 34.3 Å². The molecule has 0 fully saturated rings. The first-order valence-corrected chi connectivity index (χ1v) is 14.2. The van der Waals surface area contributed by atoms with E-state index in [1.54, 1.807) is 0 Å². The molecule has 0 aliphatic carbocycles. The standard InChI is InChI=1S/C29H34FN3O4S/c1-21(2)31-29(35)27(18-23-12-6-5-7-13-23)32(19-24-14-10-11-22(3)17-24)28(34)20-33(38(4,36)37)26-16-9-8-15-25(26)30/h5-17,21,27H,18-20H2,1-4H3,(H,31,35)/t27-/m1/s1. The van der Waals surface area contributed by atoms with Crippen LogP contribution in [0.2, 0.25) is 0 Å². The van der Waals surface area contributed by atoms with Crippen molar-refractivity contribution in [3.8, 4) is 0 Å². The van der Waals surface area contributed by atoms with Gasteiger partial charge in [-0.2, -0.15) is 0 Å². The van der Waals surface area contributed by atoms with E-state index in [1.807, 2.05) is 75.4 Å². The predicted octanol–water partition coefficient (Wildman–Crippen LogP) is 4.06. The Morgan fingerprint density at radius 1 is 0.921 bits per heavy atom. The normalized spacial score (nSPS) is 12.2. The van der Waals surface area contributed by atoms with Gasteiger partial charge in [0.05, 0.1) is 11.9 Å². The zero-order chi connectivity index (χ0) is 27.9. The molecule has 202 valence electrons. The quantitative estimate of drug-likeness (QED) is 0.398. The van der Waals surface area contributed by atoms with Gasteiger partial charge >= 0.3 is 0 Å². The number of rotatable bonds is 11. The zero-order valence-corrected chi connectivity index (χ0v) is 22.9. The first kappa shape index (κ1) is 28.8. The summed E-state index contributed by atoms with van der Waals surface area (Å²) in [5.41, 5.74) is 2.37. The molecule has 3 aromatic rings. The SMILES string of the molecule is Cc1cccc(CN(C(=O)CN(c2ccccc2F)S(C)(=O)=O)[C@H](Cc2ccccc2)C(=O)NC(C)C)c1. The van der Waals surface area contributed by atoms with Crippen LogP contribution in [0.5, 0.6) is 0 Å². The molecule has 0 bridgehead atoms. The number of aryl methyl sites for hydroxylation is 1. The summed E-state index contributed by atoms with van der Waals surface area (Å²) in [5, 5.41) is 2.90. The van der Waals surface area contributed by atoms with Crippen LogP contribution in [0.1, 0.15) is 30.5 Å². The third-order valence-electron chi connectivity index (χ3n) is 5.94. The highest BCUT2D eigenvalue weighted by Gasteiger charge is 2.33. The first-order valence-electron chi connectivity index (χ1n) is 12.4. The van der Waals surface area contributed by atoms with Crippen molar-refractivity contribution in [3.05, 3.63) is 101 Å². The highest BCUT2D eigenvalue weighted by Crippen LogP contribution is 2.23. The van der Waals surface area contributed by atoms with Crippen LogP contribution in [0.15, 0.2) is 78.9 Å². The second-order valence-electron chi connectivity index (χ2n) is 9.60. The summed E-state index contributed by atoms with van der Waals surface area (Å²) in [6, 6.07) is 21.1. The van der Waals surface area contributed by atoms with Crippen LogP contribution in [0.4, 0.5) is 10.1 Å². The van der Waals surface area contributed by atoms with Crippen LogP contribution in [0.25, 0.3) is 0 Å². The van der Waals surface area contributed by atoms with Gasteiger partial charge in [0.2, 0.25) is 21.8 Å². The third kappa shape index (κ3) is 7.89. The molecule has 7 nitrogen and oxygen atoms in total. The molecule has 0 aliphatic rings. The fourth-order valence-corrected chi connectivity index (χ4v) is 5.04. The number of carbonyl (C=O) groups excluding carboxylic acids is 2. The highest BCUT2D eigenvalue weighted by molar-refractivity contribution is 7.92. The van der Waals surface area contributed by atoms with Crippen LogP contribution in [0, 0.1) is 12.7 Å². The number of benzene rings is 3. The van der Waals surface area contributed by atoms with Gasteiger partial charge in [0.1, 0.15) is 18.4 Å². The number of para-hydroxylation sites is 1. The van der Waals surface area contributed by atoms with Crippen molar-refractivity contribution in [1.29, 1.82) is 0 Å². The third-order valence-corrected chi connectivity index (χ3v) is 7.06. The van der Waals surface area contributed by atoms with Crippen LogP contribution < -0.4 is 9.62 Å². The number of carbonyl (C=O) groups is 2. The molecule has 38 heavy (non-hydrogen) atoms. The number of halogens is 1. The minimum absolute atomic E-state index is 0.0679. The van der Waals surface area contributed by atoms with Crippen molar-refractivity contribution in [2.24, 2.45) is 0 Å². The second kappa shape index (κ2) is 12.7. The maximum Gasteiger partial charge on any atom is 0.244 e. The van der Waals surface area contributed by atoms with E-state index >= 15 is 0 Å². The fraction of sp³-hybridized carbons (Fsp3) is 0.310. The summed E-state index contributed by atoms with van der Waals surface area (Å²) in [5.74, 6) is -1.75. The summed E-state index contributed by atoms with van der Waals surface area (Å²) in [6.07, 6.45) is 1.14. The predicted molar refractivity (Wildman–Crippen MR) is 148 cm³/mol. The number of amides is 2. The largest absolute Gasteiger partial charge is 0.352 e. The minimum Gasteiger partial charge on any atom is -0.352 e. The molecule has 0 spiro atoms. The van der Waals surface area contributed by atoms with E-state index in [2.05, 4.69) is 5.32 Å². The molecule has 1 N–H and O–H groups in total. The number of nitrogens with zero attached hydrogens (tertiary/aromatic N) is 2. The smallest absolute Gasteiger partial charge is 0.244 e. The Morgan fingerprint density at radius 3 is 2.16 bits per heavy atom. The number of nitrogens with one attached hydrogen (secondary N) is 1. The molecule has 1 atom stereocenters. The molecule has 3 rings (SSSR count). The lowest BCUT2D eigenvalue weighted by atomic mass is 10.0. The molecule has 0 aliphatic heterocycles. The molecular formula is C29H34FN3O4S. The van der Waals surface area contributed by atoms with Gasteiger partial charge < -0.3 is 10.2 Å². The van der Waals surface area contributed by atoms with Crippen LogP contribution in [0.3, 0.4) is 0 Å². The van der Waals surface area contributed by atoms with Gasteiger partial charge in [0.25, 0.3) is 0 Å². The molecule has 0 saturated carbocycles. The van der Waals surface area contributed by atoms with Gasteiger partial charge in [0, 0.05) is 19.0 Å². The van der Waals surface area contributed by atoms with Crippen LogP contribution in [-0.4, -0.2) is 50.0 Å². The van der Waals surface area contributed by atoms with E-state index in [-0.39, 0.29) is 30.6 Å². The maximum atomic E-state index is 14.6. The average Bonchev–Trinajstić information content (AvgIpc) is 2.84. The molecular weight excluding hydrogens is 505 g/mol. The molecule has 0 aromatic heterocycles. The van der Waals surface area contributed by atoms with Gasteiger partial charge in [-0.15, -0.1) is 0 Å². The lowest BCUT2D eigenvalue weighted by Gasteiger charge is -2.34. The van der Waals surface area contributed by atoms with Crippen molar-refractivity contribution >= 4 is 27.5 Å². The van der Waals surface area contributed by atoms with Gasteiger partial charge in [-0.3, -0.25) is 13.9 Å². The van der Waals surface area contributed by atoms with Crippen molar-refractivity contribution in [2.75, 3.05) is 17.1 Å². The molecule has 0 unspecified atom stereocenters. The molecule has 0 saturated heterocycles. The summed E-state index contributed by atoms with van der Waals surface area (Å²) >= 11 is 0. The topological polar surface area (TPSA) is 86.8 Å². The highest BCUT2D eigenvalue weighted by atomic mass is 32.2. The van der Waals surface area contributed by atoms with Gasteiger partial charge in [0.15, 0.2) is 0 Å². The fourth-order valence-electron chi connectivity index (χ4n) is 4.19. The Morgan fingerprint density at radius 2 is 1.55 bits per heavy atom. The lowest BCUT2D eigenvalue weighted by molar-refractivity contribution is -0.140. The summed E-state index contributed by atoms with van der Waals surface area (Å²) in [6.45, 7) is 4.98. The summed E-state index contributed by atoms with van der Waals surface area (Å²) in [7, 11) is -4.03. The second-order valence-corrected chi connectivity index (χ2v) is 11.5. The Bertz CT molecular complexity index is 1360. The van der Waals surface area contributed by atoms with Gasteiger partial charge in [-0.05, 0) is 44.0 Å². The van der Waals surface area contributed by atoms with E-state index in [9.17, 15) is 22.4 Å². The zero-order valence-electron chi connectivity index (χ0n) is 22.1. The molecule has 0 heterocycles. The molecule has 3 aromatic carbocycles. The first-order chi connectivity index (χ1) is 18.0. The summed E-state index contributed by atoms with van der Waals surface area (Å²) in [4.78, 5) is 28.8. The van der Waals surface area contributed by atoms with Gasteiger partial charge in [-0.1, -0.05) is 72.3 Å². The maximum absolute atomic E-state index is 14.6. The van der Waals surface area contributed by atoms with Crippen molar-refractivity contribution in [3.63, 3.8) is 0 Å². The Labute approximate surface area is 224 Å². The molecule has 2 amide bonds. The number of hydrogen-bond acceptors (Lipinski definition) is 4. The Kier molecular flexibility index (Phi) is 9.63. The number of hydrogen-bond donors (Lipinski definition) is 1. The number of sulfonamides is 1. The van der Waals surface area contributed by atoms with E-state index in [0.717, 1.165) is 33.3 Å². The van der Waals surface area contributed by atoms with E-state index in [0.29, 0.717) is 0 Å². The summed E-state index contributed by atoms with van der Waals surface area (Å²) < 4.78 is 40.8. The van der Waals surface area contributed by atoms with Gasteiger partial charge in [-0.25, -0.2) is 12.8 Å². The van der Waals surface area contributed by atoms with Crippen molar-refractivity contribution in [2.45, 2.75) is 45.8 Å². The van der Waals surface area contributed by atoms with Crippen LogP contribution in [-0.2, 0) is 32.6 Å². The monoisotopic (exact) mass is 539 g/mol. The van der Waals surface area contributed by atoms with Crippen molar-refractivity contribution < 1.29 is 22.4 Å². The average molecular weight is 540 g/mol. The van der Waals surface area contributed by atoms with Crippen molar-refractivity contribution in [1.82, 2.24) is 10.2 Å². The number of anilines is 1.